The van der Waals surface area contributed by atoms with Crippen LogP contribution in [0.1, 0.15) is 16.7 Å². The maximum absolute atomic E-state index is 12.3. The average Bonchev–Trinajstić information content (AvgIpc) is 2.63. The molecular formula is C21H27N3O2. The molecule has 1 N–H and O–H groups in total. The molecule has 1 saturated heterocycles. The number of benzene rings is 2. The standard InChI is InChI=1S/C21H27N3O2/c1-16-5-4-6-19(14-16)23-9-11-24(12-10-23)21(25)22-15-26-20-8-7-17(2)13-18(20)3/h4-8,13-14H,9-12,15H2,1-3H3,(H,22,25). The minimum Gasteiger partial charge on any atom is -0.473 e. The molecule has 1 aliphatic heterocycles. The molecule has 0 saturated carbocycles. The Morgan fingerprint density at radius 1 is 1.00 bits per heavy atom. The summed E-state index contributed by atoms with van der Waals surface area (Å²) < 4.78 is 5.69. The first kappa shape index (κ1) is 18.1. The molecule has 5 nitrogen and oxygen atoms in total. The number of amides is 2. The normalized spacial score (nSPS) is 14.3. The van der Waals surface area contributed by atoms with Crippen LogP contribution in [-0.4, -0.2) is 43.8 Å². The van der Waals surface area contributed by atoms with Crippen LogP contribution in [0.2, 0.25) is 0 Å². The molecule has 1 fully saturated rings. The number of rotatable bonds is 4. The van der Waals surface area contributed by atoms with Crippen LogP contribution < -0.4 is 15.0 Å². The van der Waals surface area contributed by atoms with E-state index in [1.54, 1.807) is 0 Å². The molecule has 0 aliphatic carbocycles. The molecular weight excluding hydrogens is 326 g/mol. The molecule has 1 heterocycles. The van der Waals surface area contributed by atoms with Gasteiger partial charge in [-0.1, -0.05) is 29.8 Å². The molecule has 0 unspecified atom stereocenters. The van der Waals surface area contributed by atoms with E-state index >= 15 is 0 Å². The van der Waals surface area contributed by atoms with E-state index in [4.69, 9.17) is 4.74 Å². The van der Waals surface area contributed by atoms with Gasteiger partial charge in [-0.3, -0.25) is 0 Å². The van der Waals surface area contributed by atoms with Crippen molar-refractivity contribution in [3.05, 3.63) is 59.2 Å². The second-order valence-electron chi connectivity index (χ2n) is 6.85. The third kappa shape index (κ3) is 4.48. The highest BCUT2D eigenvalue weighted by Crippen LogP contribution is 2.19. The Morgan fingerprint density at radius 2 is 1.73 bits per heavy atom. The molecule has 138 valence electrons. The van der Waals surface area contributed by atoms with Gasteiger partial charge in [-0.2, -0.15) is 0 Å². The van der Waals surface area contributed by atoms with Crippen molar-refractivity contribution in [3.8, 4) is 5.75 Å². The number of ether oxygens (including phenoxy) is 1. The van der Waals surface area contributed by atoms with Crippen LogP contribution in [-0.2, 0) is 0 Å². The topological polar surface area (TPSA) is 44.8 Å². The van der Waals surface area contributed by atoms with Gasteiger partial charge < -0.3 is 19.9 Å². The van der Waals surface area contributed by atoms with E-state index in [0.29, 0.717) is 13.1 Å². The van der Waals surface area contributed by atoms with Gasteiger partial charge in [0.15, 0.2) is 6.73 Å². The first-order valence-corrected chi connectivity index (χ1v) is 9.07. The predicted octanol–water partition coefficient (Wildman–Crippen LogP) is 3.48. The number of carbonyl (C=O) groups is 1. The summed E-state index contributed by atoms with van der Waals surface area (Å²) >= 11 is 0. The molecule has 0 spiro atoms. The van der Waals surface area contributed by atoms with Gasteiger partial charge in [0.25, 0.3) is 0 Å². The minimum absolute atomic E-state index is 0.0707. The lowest BCUT2D eigenvalue weighted by atomic mass is 10.1. The van der Waals surface area contributed by atoms with Gasteiger partial charge in [0.1, 0.15) is 5.75 Å². The zero-order valence-electron chi connectivity index (χ0n) is 15.8. The number of urea groups is 1. The number of nitrogens with zero attached hydrogens (tertiary/aromatic N) is 2. The number of hydrogen-bond donors (Lipinski definition) is 1. The Labute approximate surface area is 155 Å². The third-order valence-electron chi connectivity index (χ3n) is 4.72. The Balaban J connectivity index is 1.45. The monoisotopic (exact) mass is 353 g/mol. The number of hydrogen-bond acceptors (Lipinski definition) is 3. The SMILES string of the molecule is Cc1cccc(N2CCN(C(=O)NCOc3ccc(C)cc3C)CC2)c1. The Kier molecular flexibility index (Phi) is 5.66. The van der Waals surface area contributed by atoms with Crippen molar-refractivity contribution in [1.82, 2.24) is 10.2 Å². The number of anilines is 1. The molecule has 2 aromatic carbocycles. The van der Waals surface area contributed by atoms with Crippen LogP contribution in [0.15, 0.2) is 42.5 Å². The van der Waals surface area contributed by atoms with Crippen molar-refractivity contribution in [3.63, 3.8) is 0 Å². The van der Waals surface area contributed by atoms with Crippen LogP contribution >= 0.6 is 0 Å². The van der Waals surface area contributed by atoms with E-state index in [-0.39, 0.29) is 12.8 Å². The Morgan fingerprint density at radius 3 is 2.42 bits per heavy atom. The van der Waals surface area contributed by atoms with E-state index in [1.807, 2.05) is 24.0 Å². The van der Waals surface area contributed by atoms with Crippen molar-refractivity contribution in [1.29, 1.82) is 0 Å². The lowest BCUT2D eigenvalue weighted by molar-refractivity contribution is 0.181. The van der Waals surface area contributed by atoms with Crippen LogP contribution in [0.4, 0.5) is 10.5 Å². The maximum Gasteiger partial charge on any atom is 0.320 e. The first-order chi connectivity index (χ1) is 12.5. The van der Waals surface area contributed by atoms with Crippen LogP contribution in [0, 0.1) is 20.8 Å². The van der Waals surface area contributed by atoms with Gasteiger partial charge in [0, 0.05) is 31.9 Å². The molecule has 1 aliphatic rings. The largest absolute Gasteiger partial charge is 0.473 e. The van der Waals surface area contributed by atoms with Crippen LogP contribution in [0.5, 0.6) is 5.75 Å². The average molecular weight is 353 g/mol. The van der Waals surface area contributed by atoms with Crippen molar-refractivity contribution >= 4 is 11.7 Å². The molecule has 0 bridgehead atoms. The summed E-state index contributed by atoms with van der Waals surface area (Å²) in [6.07, 6.45) is 0. The highest BCUT2D eigenvalue weighted by molar-refractivity contribution is 5.74. The molecule has 3 rings (SSSR count). The van der Waals surface area contributed by atoms with E-state index in [1.165, 1.54) is 16.8 Å². The van der Waals surface area contributed by atoms with Gasteiger partial charge >= 0.3 is 6.03 Å². The van der Waals surface area contributed by atoms with Crippen molar-refractivity contribution in [2.24, 2.45) is 0 Å². The van der Waals surface area contributed by atoms with E-state index in [2.05, 4.69) is 54.4 Å². The number of carbonyl (C=O) groups excluding carboxylic acids is 1. The molecule has 26 heavy (non-hydrogen) atoms. The third-order valence-corrected chi connectivity index (χ3v) is 4.72. The van der Waals surface area contributed by atoms with Crippen molar-refractivity contribution in [2.75, 3.05) is 37.8 Å². The highest BCUT2D eigenvalue weighted by atomic mass is 16.5. The summed E-state index contributed by atoms with van der Waals surface area (Å²) in [6.45, 7) is 9.45. The molecule has 0 aromatic heterocycles. The van der Waals surface area contributed by atoms with Gasteiger partial charge in [0.05, 0.1) is 0 Å². The summed E-state index contributed by atoms with van der Waals surface area (Å²) in [7, 11) is 0. The Hall–Kier alpha value is -2.69. The fraction of sp³-hybridized carbons (Fsp3) is 0.381. The summed E-state index contributed by atoms with van der Waals surface area (Å²) in [6, 6.07) is 14.4. The first-order valence-electron chi connectivity index (χ1n) is 9.07. The fourth-order valence-corrected chi connectivity index (χ4v) is 3.24. The molecule has 0 atom stereocenters. The van der Waals surface area contributed by atoms with E-state index in [0.717, 1.165) is 24.4 Å². The smallest absolute Gasteiger partial charge is 0.320 e. The van der Waals surface area contributed by atoms with Gasteiger partial charge in [-0.25, -0.2) is 4.79 Å². The second-order valence-corrected chi connectivity index (χ2v) is 6.85. The zero-order chi connectivity index (χ0) is 18.5. The number of piperazine rings is 1. The predicted molar refractivity (Wildman–Crippen MR) is 105 cm³/mol. The van der Waals surface area contributed by atoms with Crippen molar-refractivity contribution in [2.45, 2.75) is 20.8 Å². The van der Waals surface area contributed by atoms with E-state index < -0.39 is 0 Å². The molecule has 5 heteroatoms. The minimum atomic E-state index is -0.0707. The van der Waals surface area contributed by atoms with Crippen LogP contribution in [0.25, 0.3) is 0 Å². The summed E-state index contributed by atoms with van der Waals surface area (Å²) in [5.41, 5.74) is 4.76. The summed E-state index contributed by atoms with van der Waals surface area (Å²) in [4.78, 5) is 16.5. The summed E-state index contributed by atoms with van der Waals surface area (Å²) in [5, 5.41) is 2.85. The fourth-order valence-electron chi connectivity index (χ4n) is 3.24. The van der Waals surface area contributed by atoms with Crippen molar-refractivity contribution < 1.29 is 9.53 Å². The Bertz CT molecular complexity index is 768. The van der Waals surface area contributed by atoms with E-state index in [9.17, 15) is 4.79 Å². The summed E-state index contributed by atoms with van der Waals surface area (Å²) in [5.74, 6) is 0.806. The zero-order valence-corrected chi connectivity index (χ0v) is 15.8. The highest BCUT2D eigenvalue weighted by Gasteiger charge is 2.21. The lowest BCUT2D eigenvalue weighted by Crippen LogP contribution is -2.52. The maximum atomic E-state index is 12.3. The second kappa shape index (κ2) is 8.13. The molecule has 0 radical (unpaired) electrons. The van der Waals surface area contributed by atoms with Crippen LogP contribution in [0.3, 0.4) is 0 Å². The molecule has 2 aromatic rings. The van der Waals surface area contributed by atoms with Gasteiger partial charge in [0.2, 0.25) is 0 Å². The number of aryl methyl sites for hydroxylation is 3. The van der Waals surface area contributed by atoms with Gasteiger partial charge in [-0.15, -0.1) is 0 Å². The van der Waals surface area contributed by atoms with Gasteiger partial charge in [-0.05, 0) is 50.1 Å². The number of nitrogens with one attached hydrogen (secondary N) is 1. The quantitative estimate of drug-likeness (QED) is 0.856. The molecule has 2 amide bonds. The lowest BCUT2D eigenvalue weighted by Gasteiger charge is -2.36.